The van der Waals surface area contributed by atoms with E-state index < -0.39 is 0 Å². The third-order valence-corrected chi connectivity index (χ3v) is 2.86. The minimum Gasteiger partial charge on any atom is -0.314 e. The molecule has 0 aliphatic carbocycles. The Hall–Kier alpha value is -0.870. The molecule has 0 saturated carbocycles. The van der Waals surface area contributed by atoms with E-state index in [1.807, 2.05) is 25.2 Å². The lowest BCUT2D eigenvalue weighted by Crippen LogP contribution is -2.32. The van der Waals surface area contributed by atoms with E-state index in [1.165, 1.54) is 0 Å². The number of hydrogen-bond donors (Lipinski definition) is 1. The van der Waals surface area contributed by atoms with Crippen LogP contribution in [-0.4, -0.2) is 19.5 Å². The van der Waals surface area contributed by atoms with Gasteiger partial charge in [0.15, 0.2) is 0 Å². The van der Waals surface area contributed by atoms with Crippen LogP contribution in [0.2, 0.25) is 0 Å². The van der Waals surface area contributed by atoms with E-state index in [0.29, 0.717) is 6.54 Å². The molecular formula is C10H11BrN2O. The van der Waals surface area contributed by atoms with E-state index in [9.17, 15) is 4.79 Å². The van der Waals surface area contributed by atoms with Gasteiger partial charge in [-0.25, -0.2) is 0 Å². The number of halogens is 1. The van der Waals surface area contributed by atoms with Gasteiger partial charge in [-0.15, -0.1) is 0 Å². The molecule has 0 aromatic heterocycles. The maximum Gasteiger partial charge on any atom is 0.240 e. The summed E-state index contributed by atoms with van der Waals surface area (Å²) in [6, 6.07) is 5.95. The Bertz CT molecular complexity index is 378. The fourth-order valence-corrected chi connectivity index (χ4v) is 1.99. The SMILES string of the molecule is CN1C(=O)CNCc2cc(Br)ccc21. The molecule has 1 aliphatic heterocycles. The number of rotatable bonds is 0. The first-order valence-corrected chi connectivity index (χ1v) is 5.23. The lowest BCUT2D eigenvalue weighted by atomic mass is 10.1. The molecule has 4 heteroatoms. The normalized spacial score (nSPS) is 16.4. The average Bonchev–Trinajstić information content (AvgIpc) is 2.28. The summed E-state index contributed by atoms with van der Waals surface area (Å²) in [6.45, 7) is 1.15. The van der Waals surface area contributed by atoms with Gasteiger partial charge in [-0.1, -0.05) is 15.9 Å². The van der Waals surface area contributed by atoms with Crippen LogP contribution < -0.4 is 10.2 Å². The molecule has 0 saturated heterocycles. The van der Waals surface area contributed by atoms with Crippen molar-refractivity contribution in [2.75, 3.05) is 18.5 Å². The monoisotopic (exact) mass is 254 g/mol. The standard InChI is InChI=1S/C10H11BrN2O/c1-13-9-3-2-8(11)4-7(9)5-12-6-10(13)14/h2-4,12H,5-6H2,1H3. The van der Waals surface area contributed by atoms with E-state index in [4.69, 9.17) is 0 Å². The van der Waals surface area contributed by atoms with E-state index in [2.05, 4.69) is 21.2 Å². The summed E-state index contributed by atoms with van der Waals surface area (Å²) >= 11 is 3.42. The van der Waals surface area contributed by atoms with Crippen molar-refractivity contribution in [2.24, 2.45) is 0 Å². The van der Waals surface area contributed by atoms with Gasteiger partial charge in [0, 0.05) is 23.8 Å². The number of anilines is 1. The first-order chi connectivity index (χ1) is 6.68. The molecule has 0 radical (unpaired) electrons. The van der Waals surface area contributed by atoms with Crippen LogP contribution in [0.15, 0.2) is 22.7 Å². The Morgan fingerprint density at radius 1 is 1.43 bits per heavy atom. The zero-order chi connectivity index (χ0) is 10.1. The van der Waals surface area contributed by atoms with Crippen LogP contribution in [-0.2, 0) is 11.3 Å². The van der Waals surface area contributed by atoms with Gasteiger partial charge in [-0.3, -0.25) is 4.79 Å². The van der Waals surface area contributed by atoms with Crippen molar-refractivity contribution < 1.29 is 4.79 Å². The fraction of sp³-hybridized carbons (Fsp3) is 0.300. The highest BCUT2D eigenvalue weighted by molar-refractivity contribution is 9.10. The minimum absolute atomic E-state index is 0.103. The highest BCUT2D eigenvalue weighted by Gasteiger charge is 2.17. The van der Waals surface area contributed by atoms with E-state index >= 15 is 0 Å². The molecule has 2 rings (SSSR count). The summed E-state index contributed by atoms with van der Waals surface area (Å²) in [4.78, 5) is 13.2. The highest BCUT2D eigenvalue weighted by atomic mass is 79.9. The van der Waals surface area contributed by atoms with Crippen LogP contribution >= 0.6 is 15.9 Å². The van der Waals surface area contributed by atoms with Crippen LogP contribution in [0.3, 0.4) is 0 Å². The smallest absolute Gasteiger partial charge is 0.240 e. The van der Waals surface area contributed by atoms with Crippen LogP contribution in [0, 0.1) is 0 Å². The number of carbonyl (C=O) groups excluding carboxylic acids is 1. The number of nitrogens with one attached hydrogen (secondary N) is 1. The molecule has 1 aromatic carbocycles. The predicted octanol–water partition coefficient (Wildman–Crippen LogP) is 1.52. The quantitative estimate of drug-likeness (QED) is 0.762. The van der Waals surface area contributed by atoms with Gasteiger partial charge in [-0.2, -0.15) is 0 Å². The number of carbonyl (C=O) groups is 1. The molecule has 74 valence electrons. The van der Waals surface area contributed by atoms with Gasteiger partial charge in [0.2, 0.25) is 5.91 Å². The fourth-order valence-electron chi connectivity index (χ4n) is 1.58. The first-order valence-electron chi connectivity index (χ1n) is 4.44. The number of hydrogen-bond acceptors (Lipinski definition) is 2. The number of fused-ring (bicyclic) bond motifs is 1. The summed E-state index contributed by atoms with van der Waals surface area (Å²) in [5.74, 6) is 0.103. The molecule has 1 heterocycles. The largest absolute Gasteiger partial charge is 0.314 e. The second-order valence-electron chi connectivity index (χ2n) is 3.33. The zero-order valence-electron chi connectivity index (χ0n) is 7.88. The van der Waals surface area contributed by atoms with E-state index in [1.54, 1.807) is 4.90 Å². The van der Waals surface area contributed by atoms with Crippen LogP contribution in [0.5, 0.6) is 0 Å². The van der Waals surface area contributed by atoms with Crippen molar-refractivity contribution in [3.8, 4) is 0 Å². The maximum absolute atomic E-state index is 11.5. The van der Waals surface area contributed by atoms with Crippen molar-refractivity contribution in [1.82, 2.24) is 5.32 Å². The molecule has 0 unspecified atom stereocenters. The number of likely N-dealkylation sites (N-methyl/N-ethyl adjacent to an activating group) is 1. The molecule has 1 aromatic rings. The van der Waals surface area contributed by atoms with Crippen molar-refractivity contribution in [1.29, 1.82) is 0 Å². The first kappa shape index (κ1) is 9.68. The van der Waals surface area contributed by atoms with Crippen molar-refractivity contribution in [3.05, 3.63) is 28.2 Å². The van der Waals surface area contributed by atoms with Crippen molar-refractivity contribution >= 4 is 27.5 Å². The third kappa shape index (κ3) is 1.67. The lowest BCUT2D eigenvalue weighted by molar-refractivity contribution is -0.117. The second-order valence-corrected chi connectivity index (χ2v) is 4.25. The molecule has 1 aliphatic rings. The lowest BCUT2D eigenvalue weighted by Gasteiger charge is -2.16. The predicted molar refractivity (Wildman–Crippen MR) is 59.3 cm³/mol. The Kier molecular flexibility index (Phi) is 2.56. The topological polar surface area (TPSA) is 32.3 Å². The molecule has 0 bridgehead atoms. The number of benzene rings is 1. The molecule has 1 amide bonds. The summed E-state index contributed by atoms with van der Waals surface area (Å²) in [6.07, 6.45) is 0. The summed E-state index contributed by atoms with van der Waals surface area (Å²) in [5.41, 5.74) is 2.14. The third-order valence-electron chi connectivity index (χ3n) is 2.37. The van der Waals surface area contributed by atoms with Crippen molar-refractivity contribution in [2.45, 2.75) is 6.54 Å². The van der Waals surface area contributed by atoms with Crippen LogP contribution in [0.1, 0.15) is 5.56 Å². The maximum atomic E-state index is 11.5. The zero-order valence-corrected chi connectivity index (χ0v) is 9.47. The van der Waals surface area contributed by atoms with Gasteiger partial charge in [-0.05, 0) is 23.8 Å². The Morgan fingerprint density at radius 2 is 2.21 bits per heavy atom. The van der Waals surface area contributed by atoms with Gasteiger partial charge in [0.05, 0.1) is 6.54 Å². The van der Waals surface area contributed by atoms with E-state index in [-0.39, 0.29) is 5.91 Å². The Balaban J connectivity index is 2.48. The summed E-state index contributed by atoms with van der Waals surface area (Å²) < 4.78 is 1.04. The molecular weight excluding hydrogens is 244 g/mol. The number of nitrogens with zero attached hydrogens (tertiary/aromatic N) is 1. The number of amides is 1. The summed E-state index contributed by atoms with van der Waals surface area (Å²) in [5, 5.41) is 3.10. The van der Waals surface area contributed by atoms with Gasteiger partial charge in [0.1, 0.15) is 0 Å². The van der Waals surface area contributed by atoms with E-state index in [0.717, 1.165) is 22.3 Å². The molecule has 0 atom stereocenters. The summed E-state index contributed by atoms with van der Waals surface area (Å²) in [7, 11) is 1.81. The highest BCUT2D eigenvalue weighted by Crippen LogP contribution is 2.25. The van der Waals surface area contributed by atoms with Gasteiger partial charge >= 0.3 is 0 Å². The Morgan fingerprint density at radius 3 is 3.00 bits per heavy atom. The molecule has 0 spiro atoms. The van der Waals surface area contributed by atoms with Crippen LogP contribution in [0.4, 0.5) is 5.69 Å². The molecule has 1 N–H and O–H groups in total. The second kappa shape index (κ2) is 3.71. The van der Waals surface area contributed by atoms with Crippen LogP contribution in [0.25, 0.3) is 0 Å². The Labute approximate surface area is 91.2 Å². The van der Waals surface area contributed by atoms with Crippen molar-refractivity contribution in [3.63, 3.8) is 0 Å². The van der Waals surface area contributed by atoms with Gasteiger partial charge < -0.3 is 10.2 Å². The molecule has 14 heavy (non-hydrogen) atoms. The molecule has 3 nitrogen and oxygen atoms in total. The minimum atomic E-state index is 0.103. The van der Waals surface area contributed by atoms with Gasteiger partial charge in [0.25, 0.3) is 0 Å². The average molecular weight is 255 g/mol. The molecule has 0 fully saturated rings.